The number of carbonyl (C=O) groups is 5. The van der Waals surface area contributed by atoms with Gasteiger partial charge in [-0.05, 0) is 6.92 Å². The maximum absolute atomic E-state index is 12.2. The van der Waals surface area contributed by atoms with Gasteiger partial charge in [-0.1, -0.05) is 0 Å². The van der Waals surface area contributed by atoms with E-state index in [2.05, 4.69) is 0 Å². The van der Waals surface area contributed by atoms with Crippen LogP contribution in [0.1, 0.15) is 13.3 Å². The van der Waals surface area contributed by atoms with Gasteiger partial charge in [-0.3, -0.25) is 19.2 Å². The number of rotatable bonds is 12. The molecule has 0 aromatic rings. The Labute approximate surface area is 158 Å². The minimum Gasteiger partial charge on any atom is -0.481 e. The van der Waals surface area contributed by atoms with Crippen LogP contribution in [0.4, 0.5) is 0 Å². The summed E-state index contributed by atoms with van der Waals surface area (Å²) in [7, 11) is 0. The quantitative estimate of drug-likeness (QED) is 0.147. The molecular formula is C14H24N4O10. The van der Waals surface area contributed by atoms with Gasteiger partial charge in [-0.25, -0.2) is 4.79 Å². The molecule has 3 amide bonds. The van der Waals surface area contributed by atoms with Crippen LogP contribution < -0.4 is 21.7 Å². The van der Waals surface area contributed by atoms with Crippen LogP contribution in [0.2, 0.25) is 0 Å². The zero-order valence-corrected chi connectivity index (χ0v) is 14.9. The van der Waals surface area contributed by atoms with Crippen LogP contribution >= 0.6 is 0 Å². The number of aliphatic hydroxyl groups excluding tert-OH is 3. The van der Waals surface area contributed by atoms with Gasteiger partial charge >= 0.3 is 11.9 Å². The SMILES string of the molecule is CC(O)C(NC(=O)C(N)CC(=O)O)C(=O)NC(CO)C(=O)NC(CO)C(=O)O. The van der Waals surface area contributed by atoms with Gasteiger partial charge in [-0.15, -0.1) is 0 Å². The summed E-state index contributed by atoms with van der Waals surface area (Å²) in [5.41, 5.74) is 5.35. The molecule has 0 aromatic heterocycles. The van der Waals surface area contributed by atoms with E-state index >= 15 is 0 Å². The molecule has 0 aliphatic rings. The van der Waals surface area contributed by atoms with Crippen LogP contribution in [-0.4, -0.2) is 98.7 Å². The monoisotopic (exact) mass is 408 g/mol. The fourth-order valence-electron chi connectivity index (χ4n) is 1.86. The molecule has 0 aliphatic heterocycles. The Morgan fingerprint density at radius 1 is 0.857 bits per heavy atom. The number of carboxylic acids is 2. The predicted molar refractivity (Wildman–Crippen MR) is 89.5 cm³/mol. The van der Waals surface area contributed by atoms with Crippen LogP contribution in [0.15, 0.2) is 0 Å². The van der Waals surface area contributed by atoms with Crippen molar-refractivity contribution in [2.75, 3.05) is 13.2 Å². The Balaban J connectivity index is 5.09. The summed E-state index contributed by atoms with van der Waals surface area (Å²) < 4.78 is 0. The van der Waals surface area contributed by atoms with Crippen molar-refractivity contribution in [1.82, 2.24) is 16.0 Å². The van der Waals surface area contributed by atoms with Crippen LogP contribution in [0.5, 0.6) is 0 Å². The maximum Gasteiger partial charge on any atom is 0.328 e. The van der Waals surface area contributed by atoms with Crippen LogP contribution in [0, 0.1) is 0 Å². The lowest BCUT2D eigenvalue weighted by atomic mass is 10.1. The van der Waals surface area contributed by atoms with Gasteiger partial charge in [0.1, 0.15) is 18.1 Å². The summed E-state index contributed by atoms with van der Waals surface area (Å²) in [6, 6.07) is -6.50. The highest BCUT2D eigenvalue weighted by molar-refractivity contribution is 5.95. The highest BCUT2D eigenvalue weighted by atomic mass is 16.4. The Kier molecular flexibility index (Phi) is 10.6. The molecule has 10 N–H and O–H groups in total. The lowest BCUT2D eigenvalue weighted by molar-refractivity contribution is -0.143. The first-order valence-corrected chi connectivity index (χ1v) is 7.95. The van der Waals surface area contributed by atoms with E-state index in [1.165, 1.54) is 0 Å². The standard InChI is InChI=1S/C14H24N4O10/c1-5(21)10(18-11(24)6(15)2-9(22)23)13(26)16-7(3-19)12(25)17-8(4-20)14(27)28/h5-8,10,19-21H,2-4,15H2,1H3,(H,16,26)(H,17,25)(H,18,24)(H,22,23)(H,27,28). The molecule has 28 heavy (non-hydrogen) atoms. The largest absolute Gasteiger partial charge is 0.481 e. The third-order valence-corrected chi connectivity index (χ3v) is 3.41. The molecule has 5 atom stereocenters. The van der Waals surface area contributed by atoms with Crippen molar-refractivity contribution in [2.45, 2.75) is 43.6 Å². The molecule has 0 spiro atoms. The van der Waals surface area contributed by atoms with Crippen molar-refractivity contribution in [3.05, 3.63) is 0 Å². The molecule has 0 bridgehead atoms. The van der Waals surface area contributed by atoms with E-state index < -0.39 is 79.6 Å². The molecule has 160 valence electrons. The van der Waals surface area contributed by atoms with E-state index in [0.29, 0.717) is 0 Å². The van der Waals surface area contributed by atoms with E-state index in [0.717, 1.165) is 6.92 Å². The Morgan fingerprint density at radius 2 is 1.36 bits per heavy atom. The molecular weight excluding hydrogens is 384 g/mol. The van der Waals surface area contributed by atoms with Crippen molar-refractivity contribution in [2.24, 2.45) is 5.73 Å². The Bertz CT molecular complexity index is 597. The number of aliphatic carboxylic acids is 2. The molecule has 0 saturated heterocycles. The molecule has 0 heterocycles. The molecule has 14 heteroatoms. The van der Waals surface area contributed by atoms with Gasteiger partial charge < -0.3 is 47.2 Å². The number of carbonyl (C=O) groups excluding carboxylic acids is 3. The number of hydrogen-bond donors (Lipinski definition) is 9. The second-order valence-electron chi connectivity index (χ2n) is 5.76. The first kappa shape index (κ1) is 25.2. The zero-order valence-electron chi connectivity index (χ0n) is 14.9. The van der Waals surface area contributed by atoms with Gasteiger partial charge in [-0.2, -0.15) is 0 Å². The number of nitrogens with one attached hydrogen (secondary N) is 3. The normalized spacial score (nSPS) is 16.0. The average Bonchev–Trinajstić information content (AvgIpc) is 2.59. The summed E-state index contributed by atoms with van der Waals surface area (Å²) >= 11 is 0. The Hall–Kier alpha value is -2.81. The maximum atomic E-state index is 12.2. The molecule has 0 aromatic carbocycles. The van der Waals surface area contributed by atoms with Gasteiger partial charge in [0, 0.05) is 0 Å². The van der Waals surface area contributed by atoms with Gasteiger partial charge in [0.2, 0.25) is 17.7 Å². The molecule has 0 fully saturated rings. The summed E-state index contributed by atoms with van der Waals surface area (Å²) in [6.07, 6.45) is -2.23. The zero-order chi connectivity index (χ0) is 22.0. The predicted octanol–water partition coefficient (Wildman–Crippen LogP) is -5.31. The Morgan fingerprint density at radius 3 is 1.75 bits per heavy atom. The first-order valence-electron chi connectivity index (χ1n) is 7.95. The van der Waals surface area contributed by atoms with Crippen LogP contribution in [-0.2, 0) is 24.0 Å². The van der Waals surface area contributed by atoms with Crippen molar-refractivity contribution in [3.63, 3.8) is 0 Å². The van der Waals surface area contributed by atoms with Crippen LogP contribution in [0.25, 0.3) is 0 Å². The smallest absolute Gasteiger partial charge is 0.328 e. The van der Waals surface area contributed by atoms with E-state index in [-0.39, 0.29) is 0 Å². The molecule has 0 saturated carbocycles. The third kappa shape index (κ3) is 8.26. The number of hydrogen-bond acceptors (Lipinski definition) is 9. The van der Waals surface area contributed by atoms with E-state index in [1.807, 2.05) is 16.0 Å². The van der Waals surface area contributed by atoms with Crippen molar-refractivity contribution in [1.29, 1.82) is 0 Å². The first-order chi connectivity index (χ1) is 12.9. The highest BCUT2D eigenvalue weighted by Crippen LogP contribution is 1.98. The summed E-state index contributed by atoms with van der Waals surface area (Å²) in [5.74, 6) is -6.25. The highest BCUT2D eigenvalue weighted by Gasteiger charge is 2.32. The second-order valence-corrected chi connectivity index (χ2v) is 5.76. The van der Waals surface area contributed by atoms with Crippen molar-refractivity contribution >= 4 is 29.7 Å². The minimum absolute atomic E-state index is 0.737. The van der Waals surface area contributed by atoms with Crippen molar-refractivity contribution < 1.29 is 49.5 Å². The van der Waals surface area contributed by atoms with E-state index in [9.17, 15) is 34.2 Å². The molecule has 0 radical (unpaired) electrons. The summed E-state index contributed by atoms with van der Waals surface area (Å²) in [5, 5.41) is 51.1. The van der Waals surface area contributed by atoms with E-state index in [1.54, 1.807) is 0 Å². The topological polar surface area (TPSA) is 249 Å². The lowest BCUT2D eigenvalue weighted by Crippen LogP contribution is -2.60. The number of nitrogens with two attached hydrogens (primary N) is 1. The fraction of sp³-hybridized carbons (Fsp3) is 0.643. The fourth-order valence-corrected chi connectivity index (χ4v) is 1.86. The molecule has 14 nitrogen and oxygen atoms in total. The minimum atomic E-state index is -1.68. The van der Waals surface area contributed by atoms with Gasteiger partial charge in [0.25, 0.3) is 0 Å². The lowest BCUT2D eigenvalue weighted by Gasteiger charge is -2.25. The number of amides is 3. The van der Waals surface area contributed by atoms with Crippen molar-refractivity contribution in [3.8, 4) is 0 Å². The van der Waals surface area contributed by atoms with Gasteiger partial charge in [0.15, 0.2) is 0 Å². The molecule has 0 rings (SSSR count). The second kappa shape index (κ2) is 11.8. The molecule has 0 aliphatic carbocycles. The summed E-state index contributed by atoms with van der Waals surface area (Å²) in [6.45, 7) is -0.789. The average molecular weight is 408 g/mol. The summed E-state index contributed by atoms with van der Waals surface area (Å²) in [4.78, 5) is 57.4. The van der Waals surface area contributed by atoms with E-state index in [4.69, 9.17) is 21.1 Å². The van der Waals surface area contributed by atoms with Gasteiger partial charge in [0.05, 0.1) is 31.8 Å². The molecule has 5 unspecified atom stereocenters. The third-order valence-electron chi connectivity index (χ3n) is 3.41. The number of aliphatic hydroxyl groups is 3. The number of carboxylic acid groups (broad SMARTS) is 2. The van der Waals surface area contributed by atoms with Crippen LogP contribution in [0.3, 0.4) is 0 Å².